The van der Waals surface area contributed by atoms with Crippen LogP contribution in [0.1, 0.15) is 5.89 Å². The topological polar surface area (TPSA) is 38.9 Å². The molecule has 3 aromatic rings. The molecular weight excluding hydrogens is 256 g/mol. The van der Waals surface area contributed by atoms with Crippen LogP contribution in [0.5, 0.6) is 0 Å². The summed E-state index contributed by atoms with van der Waals surface area (Å²) in [4.78, 5) is 8.54. The Labute approximate surface area is 115 Å². The van der Waals surface area contributed by atoms with Crippen molar-refractivity contribution in [2.24, 2.45) is 0 Å². The number of nitrogens with zero attached hydrogens (tertiary/aromatic N) is 2. The van der Waals surface area contributed by atoms with Crippen LogP contribution in [0.3, 0.4) is 0 Å². The summed E-state index contributed by atoms with van der Waals surface area (Å²) >= 11 is 1.61. The maximum absolute atomic E-state index is 5.73. The highest BCUT2D eigenvalue weighted by molar-refractivity contribution is 7.98. The van der Waals surface area contributed by atoms with Crippen molar-refractivity contribution < 1.29 is 4.42 Å². The van der Waals surface area contributed by atoms with E-state index in [0.29, 0.717) is 5.75 Å². The second-order valence-electron chi connectivity index (χ2n) is 3.94. The molecule has 1 aromatic carbocycles. The Morgan fingerprint density at radius 1 is 0.947 bits per heavy atom. The van der Waals surface area contributed by atoms with Gasteiger partial charge in [0.05, 0.1) is 17.0 Å². The second kappa shape index (κ2) is 5.71. The van der Waals surface area contributed by atoms with Crippen LogP contribution < -0.4 is 0 Å². The van der Waals surface area contributed by atoms with Gasteiger partial charge in [-0.2, -0.15) is 0 Å². The maximum Gasteiger partial charge on any atom is 0.205 e. The molecule has 0 bridgehead atoms. The fourth-order valence-electron chi connectivity index (χ4n) is 1.68. The van der Waals surface area contributed by atoms with Crippen LogP contribution in [0.2, 0.25) is 0 Å². The van der Waals surface area contributed by atoms with Gasteiger partial charge in [-0.05, 0) is 12.1 Å². The first kappa shape index (κ1) is 12.0. The Morgan fingerprint density at radius 3 is 2.58 bits per heavy atom. The zero-order chi connectivity index (χ0) is 12.9. The summed E-state index contributed by atoms with van der Waals surface area (Å²) in [6.45, 7) is 0. The van der Waals surface area contributed by atoms with Gasteiger partial charge < -0.3 is 4.42 Å². The number of aromatic nitrogens is 2. The molecule has 0 aliphatic heterocycles. The molecular formula is C15H12N2OS. The molecule has 3 nitrogen and oxygen atoms in total. The molecule has 0 fully saturated rings. The minimum Gasteiger partial charge on any atom is -0.440 e. The summed E-state index contributed by atoms with van der Waals surface area (Å²) in [5.41, 5.74) is 1.05. The van der Waals surface area contributed by atoms with Crippen LogP contribution in [-0.2, 0) is 5.75 Å². The van der Waals surface area contributed by atoms with Gasteiger partial charge in [-0.1, -0.05) is 48.2 Å². The van der Waals surface area contributed by atoms with Crippen molar-refractivity contribution in [2.75, 3.05) is 0 Å². The molecule has 2 aromatic heterocycles. The second-order valence-corrected chi connectivity index (χ2v) is 4.94. The van der Waals surface area contributed by atoms with Gasteiger partial charge in [0.1, 0.15) is 0 Å². The van der Waals surface area contributed by atoms with Crippen molar-refractivity contribution in [3.8, 4) is 11.3 Å². The molecule has 3 rings (SSSR count). The minimum atomic E-state index is 0.684. The standard InChI is InChI=1S/C15H12N2OS/c1-2-6-12(7-3-1)13-10-17-14(18-13)11-19-15-8-4-5-9-16-15/h1-10H,11H2. The molecule has 0 saturated heterocycles. The third-order valence-electron chi connectivity index (χ3n) is 2.59. The number of benzene rings is 1. The third kappa shape index (κ3) is 3.03. The van der Waals surface area contributed by atoms with Gasteiger partial charge in [-0.3, -0.25) is 0 Å². The van der Waals surface area contributed by atoms with E-state index in [9.17, 15) is 0 Å². The first-order chi connectivity index (χ1) is 9.42. The van der Waals surface area contributed by atoms with E-state index in [2.05, 4.69) is 9.97 Å². The van der Waals surface area contributed by atoms with Crippen molar-refractivity contribution in [1.82, 2.24) is 9.97 Å². The molecule has 0 N–H and O–H groups in total. The summed E-state index contributed by atoms with van der Waals surface area (Å²) in [5.74, 6) is 2.20. The van der Waals surface area contributed by atoms with Gasteiger partial charge in [0, 0.05) is 11.8 Å². The monoisotopic (exact) mass is 268 g/mol. The lowest BCUT2D eigenvalue weighted by molar-refractivity contribution is 0.530. The Bertz CT molecular complexity index is 638. The number of pyridine rings is 1. The fourth-order valence-corrected chi connectivity index (χ4v) is 2.40. The highest BCUT2D eigenvalue weighted by atomic mass is 32.2. The molecule has 4 heteroatoms. The molecule has 0 amide bonds. The van der Waals surface area contributed by atoms with E-state index >= 15 is 0 Å². The predicted molar refractivity (Wildman–Crippen MR) is 75.7 cm³/mol. The number of hydrogen-bond acceptors (Lipinski definition) is 4. The maximum atomic E-state index is 5.73. The molecule has 2 heterocycles. The summed E-state index contributed by atoms with van der Waals surface area (Å²) in [5, 5.41) is 0.974. The molecule has 0 aliphatic carbocycles. The first-order valence-corrected chi connectivity index (χ1v) is 6.94. The Hall–Kier alpha value is -2.07. The molecule has 0 spiro atoms. The molecule has 19 heavy (non-hydrogen) atoms. The predicted octanol–water partition coefficient (Wildman–Crippen LogP) is 4.03. The zero-order valence-electron chi connectivity index (χ0n) is 10.2. The van der Waals surface area contributed by atoms with Gasteiger partial charge in [0.15, 0.2) is 5.76 Å². The van der Waals surface area contributed by atoms with Crippen LogP contribution in [0.4, 0.5) is 0 Å². The van der Waals surface area contributed by atoms with Crippen molar-refractivity contribution >= 4 is 11.8 Å². The van der Waals surface area contributed by atoms with Crippen molar-refractivity contribution in [3.63, 3.8) is 0 Å². The third-order valence-corrected chi connectivity index (χ3v) is 3.52. The Kier molecular flexibility index (Phi) is 3.61. The van der Waals surface area contributed by atoms with Crippen LogP contribution in [0.25, 0.3) is 11.3 Å². The zero-order valence-corrected chi connectivity index (χ0v) is 11.0. The van der Waals surface area contributed by atoms with Gasteiger partial charge in [0.25, 0.3) is 0 Å². The van der Waals surface area contributed by atoms with E-state index in [1.807, 2.05) is 48.5 Å². The number of thioether (sulfide) groups is 1. The molecule has 94 valence electrons. The summed E-state index contributed by atoms with van der Waals surface area (Å²) in [7, 11) is 0. The Balaban J connectivity index is 1.69. The highest BCUT2D eigenvalue weighted by Crippen LogP contribution is 2.24. The fraction of sp³-hybridized carbons (Fsp3) is 0.0667. The lowest BCUT2D eigenvalue weighted by Gasteiger charge is -1.97. The van der Waals surface area contributed by atoms with Crippen LogP contribution in [-0.4, -0.2) is 9.97 Å². The minimum absolute atomic E-state index is 0.684. The van der Waals surface area contributed by atoms with Crippen LogP contribution in [0.15, 0.2) is 70.4 Å². The van der Waals surface area contributed by atoms with Crippen molar-refractivity contribution in [1.29, 1.82) is 0 Å². The lowest BCUT2D eigenvalue weighted by Crippen LogP contribution is -1.81. The molecule has 0 radical (unpaired) electrons. The van der Waals surface area contributed by atoms with Gasteiger partial charge in [-0.15, -0.1) is 0 Å². The smallest absolute Gasteiger partial charge is 0.205 e. The molecule has 0 unspecified atom stereocenters. The average molecular weight is 268 g/mol. The summed E-state index contributed by atoms with van der Waals surface area (Å²) < 4.78 is 5.73. The lowest BCUT2D eigenvalue weighted by atomic mass is 10.2. The molecule has 0 aliphatic rings. The average Bonchev–Trinajstić information content (AvgIpc) is 2.96. The SMILES string of the molecule is c1ccc(-c2cnc(CSc3ccccn3)o2)cc1. The van der Waals surface area contributed by atoms with Crippen LogP contribution >= 0.6 is 11.8 Å². The quantitative estimate of drug-likeness (QED) is 0.670. The number of hydrogen-bond donors (Lipinski definition) is 0. The largest absolute Gasteiger partial charge is 0.440 e. The van der Waals surface area contributed by atoms with E-state index in [1.165, 1.54) is 0 Å². The molecule has 0 saturated carbocycles. The van der Waals surface area contributed by atoms with Gasteiger partial charge in [-0.25, -0.2) is 9.97 Å². The Morgan fingerprint density at radius 2 is 1.79 bits per heavy atom. The van der Waals surface area contributed by atoms with Gasteiger partial charge >= 0.3 is 0 Å². The number of rotatable bonds is 4. The van der Waals surface area contributed by atoms with Crippen molar-refractivity contribution in [2.45, 2.75) is 10.8 Å². The summed E-state index contributed by atoms with van der Waals surface area (Å²) in [6.07, 6.45) is 3.55. The van der Waals surface area contributed by atoms with Crippen molar-refractivity contribution in [3.05, 3.63) is 66.8 Å². The normalized spacial score (nSPS) is 10.5. The van der Waals surface area contributed by atoms with Crippen LogP contribution in [0, 0.1) is 0 Å². The first-order valence-electron chi connectivity index (χ1n) is 5.96. The van der Waals surface area contributed by atoms with E-state index in [4.69, 9.17) is 4.42 Å². The molecule has 0 atom stereocenters. The van der Waals surface area contributed by atoms with E-state index in [0.717, 1.165) is 22.2 Å². The number of oxazole rings is 1. The highest BCUT2D eigenvalue weighted by Gasteiger charge is 2.06. The summed E-state index contributed by atoms with van der Waals surface area (Å²) in [6, 6.07) is 15.8. The van der Waals surface area contributed by atoms with Gasteiger partial charge in [0.2, 0.25) is 5.89 Å². The van der Waals surface area contributed by atoms with E-state index in [1.54, 1.807) is 24.2 Å². The van der Waals surface area contributed by atoms with E-state index < -0.39 is 0 Å². The van der Waals surface area contributed by atoms with E-state index in [-0.39, 0.29) is 0 Å².